The molecule has 152 valence electrons. The molecule has 0 bridgehead atoms. The van der Waals surface area contributed by atoms with Crippen molar-refractivity contribution >= 4 is 28.5 Å². The van der Waals surface area contributed by atoms with Gasteiger partial charge in [0.25, 0.3) is 0 Å². The second-order valence-electron chi connectivity index (χ2n) is 8.86. The number of aromatic nitrogens is 4. The molecule has 0 saturated carbocycles. The fraction of sp³-hybridized carbons (Fsp3) is 0.500. The summed E-state index contributed by atoms with van der Waals surface area (Å²) in [5.74, 6) is 1.79. The summed E-state index contributed by atoms with van der Waals surface area (Å²) in [6, 6.07) is 6.65. The largest absolute Gasteiger partial charge is 0.355 e. The van der Waals surface area contributed by atoms with E-state index in [1.807, 2.05) is 6.20 Å². The van der Waals surface area contributed by atoms with Crippen molar-refractivity contribution in [2.45, 2.75) is 39.5 Å². The molecule has 0 spiro atoms. The van der Waals surface area contributed by atoms with Gasteiger partial charge >= 0.3 is 0 Å². The Labute approximate surface area is 171 Å². The average Bonchev–Trinajstić information content (AvgIpc) is 3.16. The number of aromatic amines is 1. The van der Waals surface area contributed by atoms with E-state index in [-0.39, 0.29) is 5.41 Å². The summed E-state index contributed by atoms with van der Waals surface area (Å²) in [4.78, 5) is 14.2. The molecule has 29 heavy (non-hydrogen) atoms. The molecular formula is C22H29N7. The molecule has 7 heteroatoms. The number of nitrogens with one attached hydrogen (secondary N) is 1. The van der Waals surface area contributed by atoms with Crippen LogP contribution in [0, 0.1) is 12.3 Å². The van der Waals surface area contributed by atoms with Gasteiger partial charge in [0, 0.05) is 25.3 Å². The van der Waals surface area contributed by atoms with Gasteiger partial charge in [-0.1, -0.05) is 24.6 Å². The standard InChI is InChI=1S/C22H29N7/c1-15-5-6-17-16(12-15)4-3-9-29(17)21-19-20(26-27-21)25-18(13-24-19)28-10-7-22(2,14-23)8-11-28/h5-6,12-13H,3-4,7-11,14,23H2,1-2H3,(H,25,26,27). The zero-order valence-electron chi connectivity index (χ0n) is 17.3. The highest BCUT2D eigenvalue weighted by Gasteiger charge is 2.30. The lowest BCUT2D eigenvalue weighted by molar-refractivity contribution is 0.258. The molecule has 0 amide bonds. The van der Waals surface area contributed by atoms with Gasteiger partial charge in [-0.15, -0.1) is 0 Å². The van der Waals surface area contributed by atoms with Gasteiger partial charge in [-0.25, -0.2) is 9.97 Å². The number of nitrogens with two attached hydrogens (primary N) is 1. The van der Waals surface area contributed by atoms with Gasteiger partial charge in [0.1, 0.15) is 5.82 Å². The number of hydrogen-bond acceptors (Lipinski definition) is 6. The van der Waals surface area contributed by atoms with Gasteiger partial charge in [0.05, 0.1) is 6.20 Å². The number of piperidine rings is 1. The van der Waals surface area contributed by atoms with Crippen LogP contribution in [0.4, 0.5) is 17.3 Å². The zero-order valence-corrected chi connectivity index (χ0v) is 17.3. The molecule has 0 radical (unpaired) electrons. The van der Waals surface area contributed by atoms with Gasteiger partial charge in [-0.05, 0) is 56.2 Å². The molecular weight excluding hydrogens is 362 g/mol. The van der Waals surface area contributed by atoms with Gasteiger partial charge in [-0.2, -0.15) is 5.10 Å². The minimum atomic E-state index is 0.245. The maximum Gasteiger partial charge on any atom is 0.183 e. The van der Waals surface area contributed by atoms with E-state index in [0.717, 1.165) is 74.7 Å². The van der Waals surface area contributed by atoms with Crippen LogP contribution in [0.5, 0.6) is 0 Å². The van der Waals surface area contributed by atoms with E-state index >= 15 is 0 Å². The summed E-state index contributed by atoms with van der Waals surface area (Å²) < 4.78 is 0. The van der Waals surface area contributed by atoms with E-state index in [2.05, 4.69) is 52.0 Å². The SMILES string of the molecule is Cc1ccc2c(c1)CCCN2c1n[nH]c2nc(N3CCC(C)(CN)CC3)cnc12. The maximum absolute atomic E-state index is 5.95. The number of anilines is 3. The molecule has 0 atom stereocenters. The van der Waals surface area contributed by atoms with Crippen molar-refractivity contribution in [2.75, 3.05) is 36.0 Å². The Hall–Kier alpha value is -2.67. The maximum atomic E-state index is 5.95. The summed E-state index contributed by atoms with van der Waals surface area (Å²) in [5, 5.41) is 7.73. The monoisotopic (exact) mass is 391 g/mol. The van der Waals surface area contributed by atoms with Crippen molar-refractivity contribution in [1.82, 2.24) is 20.2 Å². The number of benzene rings is 1. The lowest BCUT2D eigenvalue weighted by Crippen LogP contribution is -2.42. The fourth-order valence-electron chi connectivity index (χ4n) is 4.55. The minimum Gasteiger partial charge on any atom is -0.355 e. The van der Waals surface area contributed by atoms with E-state index in [9.17, 15) is 0 Å². The molecule has 3 aromatic rings. The molecule has 4 heterocycles. The highest BCUT2D eigenvalue weighted by atomic mass is 15.3. The third-order valence-electron chi connectivity index (χ3n) is 6.64. The van der Waals surface area contributed by atoms with E-state index < -0.39 is 0 Å². The second-order valence-corrected chi connectivity index (χ2v) is 8.86. The molecule has 0 aliphatic carbocycles. The predicted molar refractivity (Wildman–Crippen MR) is 117 cm³/mol. The molecule has 3 N–H and O–H groups in total. The van der Waals surface area contributed by atoms with Crippen LogP contribution in [0.2, 0.25) is 0 Å². The van der Waals surface area contributed by atoms with Gasteiger partial charge in [-0.3, -0.25) is 5.10 Å². The van der Waals surface area contributed by atoms with Crippen LogP contribution >= 0.6 is 0 Å². The highest BCUT2D eigenvalue weighted by Crippen LogP contribution is 2.36. The molecule has 1 aromatic carbocycles. The van der Waals surface area contributed by atoms with Gasteiger partial charge in [0.15, 0.2) is 17.0 Å². The molecule has 0 unspecified atom stereocenters. The molecule has 5 rings (SSSR count). The van der Waals surface area contributed by atoms with Crippen LogP contribution in [0.1, 0.15) is 37.3 Å². The number of hydrogen-bond donors (Lipinski definition) is 2. The van der Waals surface area contributed by atoms with Crippen LogP contribution < -0.4 is 15.5 Å². The van der Waals surface area contributed by atoms with Crippen LogP contribution in [0.15, 0.2) is 24.4 Å². The first-order valence-corrected chi connectivity index (χ1v) is 10.6. The first kappa shape index (κ1) is 18.4. The lowest BCUT2D eigenvalue weighted by Gasteiger charge is -2.39. The highest BCUT2D eigenvalue weighted by molar-refractivity contribution is 5.87. The topological polar surface area (TPSA) is 87.0 Å². The Morgan fingerprint density at radius 3 is 2.83 bits per heavy atom. The molecule has 1 saturated heterocycles. The average molecular weight is 392 g/mol. The van der Waals surface area contributed by atoms with Crippen molar-refractivity contribution in [3.8, 4) is 0 Å². The van der Waals surface area contributed by atoms with E-state index in [1.54, 1.807) is 0 Å². The minimum absolute atomic E-state index is 0.245. The normalized spacial score (nSPS) is 18.9. The lowest BCUT2D eigenvalue weighted by atomic mass is 9.80. The number of aryl methyl sites for hydroxylation is 2. The Balaban J connectivity index is 1.44. The van der Waals surface area contributed by atoms with E-state index in [1.165, 1.54) is 16.8 Å². The summed E-state index contributed by atoms with van der Waals surface area (Å²) in [6.45, 7) is 8.04. The number of nitrogens with zero attached hydrogens (tertiary/aromatic N) is 5. The third kappa shape index (κ3) is 3.23. The van der Waals surface area contributed by atoms with Crippen LogP contribution in [-0.4, -0.2) is 46.3 Å². The second kappa shape index (κ2) is 6.99. The van der Waals surface area contributed by atoms with Crippen molar-refractivity contribution in [2.24, 2.45) is 11.1 Å². The number of fused-ring (bicyclic) bond motifs is 2. The molecule has 2 aromatic heterocycles. The van der Waals surface area contributed by atoms with Crippen molar-refractivity contribution in [3.63, 3.8) is 0 Å². The van der Waals surface area contributed by atoms with Crippen LogP contribution in [0.25, 0.3) is 11.2 Å². The first-order valence-electron chi connectivity index (χ1n) is 10.6. The van der Waals surface area contributed by atoms with E-state index in [4.69, 9.17) is 15.7 Å². The Morgan fingerprint density at radius 1 is 1.21 bits per heavy atom. The van der Waals surface area contributed by atoms with Crippen LogP contribution in [-0.2, 0) is 6.42 Å². The Bertz CT molecular complexity index is 1030. The van der Waals surface area contributed by atoms with Gasteiger partial charge < -0.3 is 15.5 Å². The summed E-state index contributed by atoms with van der Waals surface area (Å²) in [5.41, 5.74) is 11.7. The van der Waals surface area contributed by atoms with Crippen molar-refractivity contribution in [3.05, 3.63) is 35.5 Å². The van der Waals surface area contributed by atoms with E-state index in [0.29, 0.717) is 0 Å². The first-order chi connectivity index (χ1) is 14.1. The van der Waals surface area contributed by atoms with Crippen molar-refractivity contribution in [1.29, 1.82) is 0 Å². The Morgan fingerprint density at radius 2 is 2.03 bits per heavy atom. The molecule has 2 aliphatic heterocycles. The predicted octanol–water partition coefficient (Wildman–Crippen LogP) is 3.31. The Kier molecular flexibility index (Phi) is 4.42. The number of rotatable bonds is 3. The number of H-pyrrole nitrogens is 1. The van der Waals surface area contributed by atoms with Crippen molar-refractivity contribution < 1.29 is 0 Å². The zero-order chi connectivity index (χ0) is 20.0. The molecule has 2 aliphatic rings. The summed E-state index contributed by atoms with van der Waals surface area (Å²) in [6.07, 6.45) is 6.29. The molecule has 7 nitrogen and oxygen atoms in total. The summed E-state index contributed by atoms with van der Waals surface area (Å²) >= 11 is 0. The smallest absolute Gasteiger partial charge is 0.183 e. The molecule has 1 fully saturated rings. The fourth-order valence-corrected chi connectivity index (χ4v) is 4.55. The third-order valence-corrected chi connectivity index (χ3v) is 6.64. The van der Waals surface area contributed by atoms with Gasteiger partial charge in [0.2, 0.25) is 0 Å². The van der Waals surface area contributed by atoms with Crippen LogP contribution in [0.3, 0.4) is 0 Å². The quantitative estimate of drug-likeness (QED) is 0.712. The summed E-state index contributed by atoms with van der Waals surface area (Å²) in [7, 11) is 0.